The van der Waals surface area contributed by atoms with Gasteiger partial charge < -0.3 is 15.0 Å². The zero-order chi connectivity index (χ0) is 17.3. The van der Waals surface area contributed by atoms with Crippen LogP contribution in [0.2, 0.25) is 0 Å². The van der Waals surface area contributed by atoms with Crippen LogP contribution in [0.15, 0.2) is 12.1 Å². The Morgan fingerprint density at radius 1 is 1.21 bits per heavy atom. The van der Waals surface area contributed by atoms with Crippen molar-refractivity contribution in [2.45, 2.75) is 33.6 Å². The molecule has 130 valence electrons. The average molecular weight is 328 g/mol. The predicted molar refractivity (Wildman–Crippen MR) is 99.6 cm³/mol. The molecular weight excluding hydrogens is 300 g/mol. The third kappa shape index (κ3) is 3.00. The Morgan fingerprint density at radius 2 is 1.92 bits per heavy atom. The Morgan fingerprint density at radius 3 is 2.58 bits per heavy atom. The van der Waals surface area contributed by atoms with Gasteiger partial charge in [-0.1, -0.05) is 17.7 Å². The zero-order valence-corrected chi connectivity index (χ0v) is 15.4. The first-order valence-corrected chi connectivity index (χ1v) is 8.67. The van der Waals surface area contributed by atoms with Crippen LogP contribution in [0.5, 0.6) is 0 Å². The van der Waals surface area contributed by atoms with E-state index in [2.05, 4.69) is 43.1 Å². The minimum absolute atomic E-state index is 0.694. The fraction of sp³-hybridized carbons (Fsp3) is 0.526. The SMILES string of the molecule is COCCNc1c2c(nn1C)N(c1c(C)cc(C)cc1C)CCC2. The van der Waals surface area contributed by atoms with Crippen molar-refractivity contribution in [3.63, 3.8) is 0 Å². The third-order valence-electron chi connectivity index (χ3n) is 4.69. The highest BCUT2D eigenvalue weighted by Crippen LogP contribution is 2.39. The Balaban J connectivity index is 2.00. The third-order valence-corrected chi connectivity index (χ3v) is 4.69. The van der Waals surface area contributed by atoms with Gasteiger partial charge in [-0.2, -0.15) is 5.10 Å². The van der Waals surface area contributed by atoms with Gasteiger partial charge in [-0.05, 0) is 44.7 Å². The van der Waals surface area contributed by atoms with E-state index < -0.39 is 0 Å². The smallest absolute Gasteiger partial charge is 0.160 e. The van der Waals surface area contributed by atoms with Gasteiger partial charge >= 0.3 is 0 Å². The van der Waals surface area contributed by atoms with Crippen LogP contribution in [0, 0.1) is 20.8 Å². The number of hydrogen-bond acceptors (Lipinski definition) is 4. The minimum atomic E-state index is 0.694. The van der Waals surface area contributed by atoms with Crippen LogP contribution in [0.4, 0.5) is 17.3 Å². The van der Waals surface area contributed by atoms with Crippen molar-refractivity contribution >= 4 is 17.3 Å². The summed E-state index contributed by atoms with van der Waals surface area (Å²) in [5, 5.41) is 8.31. The van der Waals surface area contributed by atoms with Crippen LogP contribution in [-0.2, 0) is 18.2 Å². The summed E-state index contributed by atoms with van der Waals surface area (Å²) >= 11 is 0. The molecule has 5 nitrogen and oxygen atoms in total. The lowest BCUT2D eigenvalue weighted by molar-refractivity contribution is 0.210. The highest BCUT2D eigenvalue weighted by molar-refractivity contribution is 5.74. The van der Waals surface area contributed by atoms with E-state index in [0.29, 0.717) is 6.61 Å². The molecule has 1 aromatic carbocycles. The number of anilines is 3. The van der Waals surface area contributed by atoms with Crippen molar-refractivity contribution in [3.8, 4) is 0 Å². The Hall–Kier alpha value is -2.01. The number of aryl methyl sites for hydroxylation is 4. The fourth-order valence-electron chi connectivity index (χ4n) is 3.83. The summed E-state index contributed by atoms with van der Waals surface area (Å²) in [5.74, 6) is 2.22. The second kappa shape index (κ2) is 6.85. The van der Waals surface area contributed by atoms with Gasteiger partial charge in [-0.15, -0.1) is 0 Å². The van der Waals surface area contributed by atoms with Crippen LogP contribution in [0.25, 0.3) is 0 Å². The molecule has 0 saturated heterocycles. The quantitative estimate of drug-likeness (QED) is 0.853. The molecule has 0 fully saturated rings. The van der Waals surface area contributed by atoms with Crippen LogP contribution in [0.1, 0.15) is 28.7 Å². The number of hydrogen-bond donors (Lipinski definition) is 1. The maximum atomic E-state index is 5.15. The van der Waals surface area contributed by atoms with Crippen LogP contribution in [0.3, 0.4) is 0 Å². The molecule has 2 aromatic rings. The molecule has 0 saturated carbocycles. The maximum absolute atomic E-state index is 5.15. The molecule has 0 bridgehead atoms. The normalized spacial score (nSPS) is 14.0. The minimum Gasteiger partial charge on any atom is -0.383 e. The van der Waals surface area contributed by atoms with Crippen LogP contribution < -0.4 is 10.2 Å². The van der Waals surface area contributed by atoms with Gasteiger partial charge in [0.2, 0.25) is 0 Å². The molecule has 0 atom stereocenters. The van der Waals surface area contributed by atoms with Gasteiger partial charge in [0.05, 0.1) is 6.61 Å². The highest BCUT2D eigenvalue weighted by atomic mass is 16.5. The van der Waals surface area contributed by atoms with Crippen molar-refractivity contribution in [3.05, 3.63) is 34.4 Å². The summed E-state index contributed by atoms with van der Waals surface area (Å²) in [6.45, 7) is 9.07. The topological polar surface area (TPSA) is 42.3 Å². The van der Waals surface area contributed by atoms with Gasteiger partial charge in [0.15, 0.2) is 5.82 Å². The summed E-state index contributed by atoms with van der Waals surface area (Å²) in [6.07, 6.45) is 2.21. The first-order valence-electron chi connectivity index (χ1n) is 8.67. The monoisotopic (exact) mass is 328 g/mol. The molecule has 0 radical (unpaired) electrons. The lowest BCUT2D eigenvalue weighted by Gasteiger charge is -2.30. The Kier molecular flexibility index (Phi) is 4.81. The van der Waals surface area contributed by atoms with Crippen molar-refractivity contribution in [1.29, 1.82) is 0 Å². The van der Waals surface area contributed by atoms with Crippen molar-refractivity contribution in [1.82, 2.24) is 9.78 Å². The molecule has 1 aromatic heterocycles. The van der Waals surface area contributed by atoms with E-state index in [9.17, 15) is 0 Å². The largest absolute Gasteiger partial charge is 0.383 e. The highest BCUT2D eigenvalue weighted by Gasteiger charge is 2.27. The van der Waals surface area contributed by atoms with Crippen LogP contribution >= 0.6 is 0 Å². The van der Waals surface area contributed by atoms with Crippen molar-refractivity contribution in [2.75, 3.05) is 37.0 Å². The predicted octanol–water partition coefficient (Wildman–Crippen LogP) is 3.49. The molecule has 0 spiro atoms. The number of ether oxygens (including phenoxy) is 1. The van der Waals surface area contributed by atoms with E-state index in [-0.39, 0.29) is 0 Å². The van der Waals surface area contributed by atoms with Crippen LogP contribution in [-0.4, -0.2) is 36.6 Å². The Labute approximate surface area is 144 Å². The van der Waals surface area contributed by atoms with Gasteiger partial charge in [0.1, 0.15) is 5.82 Å². The first kappa shape index (κ1) is 16.8. The van der Waals surface area contributed by atoms with E-state index in [1.54, 1.807) is 7.11 Å². The molecule has 3 rings (SSSR count). The number of fused-ring (bicyclic) bond motifs is 1. The molecule has 0 aliphatic carbocycles. The zero-order valence-electron chi connectivity index (χ0n) is 15.4. The molecule has 24 heavy (non-hydrogen) atoms. The van der Waals surface area contributed by atoms with Gasteiger partial charge in [0.25, 0.3) is 0 Å². The van der Waals surface area contributed by atoms with E-state index in [1.807, 2.05) is 11.7 Å². The van der Waals surface area contributed by atoms with Crippen molar-refractivity contribution in [2.24, 2.45) is 7.05 Å². The molecule has 5 heteroatoms. The van der Waals surface area contributed by atoms with Gasteiger partial charge in [-0.3, -0.25) is 4.68 Å². The number of methoxy groups -OCH3 is 1. The summed E-state index contributed by atoms with van der Waals surface area (Å²) in [5.41, 5.74) is 6.58. The summed E-state index contributed by atoms with van der Waals surface area (Å²) in [6, 6.07) is 4.52. The average Bonchev–Trinajstić information content (AvgIpc) is 2.83. The standard InChI is InChI=1S/C19H28N4O/c1-13-11-14(2)17(15(3)12-13)23-9-6-7-16-18(20-8-10-24-5)22(4)21-19(16)23/h11-12,20H,6-10H2,1-5H3. The van der Waals surface area contributed by atoms with Crippen molar-refractivity contribution < 1.29 is 4.74 Å². The van der Waals surface area contributed by atoms with E-state index in [0.717, 1.165) is 37.6 Å². The van der Waals surface area contributed by atoms with Gasteiger partial charge in [-0.25, -0.2) is 0 Å². The molecule has 0 amide bonds. The molecule has 2 heterocycles. The molecule has 1 aliphatic heterocycles. The molecule has 0 unspecified atom stereocenters. The number of nitrogens with one attached hydrogen (secondary N) is 1. The number of nitrogens with zero attached hydrogens (tertiary/aromatic N) is 3. The summed E-state index contributed by atoms with van der Waals surface area (Å²) in [4.78, 5) is 2.39. The fourth-order valence-corrected chi connectivity index (χ4v) is 3.83. The maximum Gasteiger partial charge on any atom is 0.160 e. The Bertz CT molecular complexity index is 712. The van der Waals surface area contributed by atoms with Gasteiger partial charge in [0, 0.05) is 38.5 Å². The summed E-state index contributed by atoms with van der Waals surface area (Å²) in [7, 11) is 3.74. The number of benzene rings is 1. The van der Waals surface area contributed by atoms with E-state index in [4.69, 9.17) is 9.84 Å². The molecular formula is C19H28N4O. The molecule has 1 N–H and O–H groups in total. The molecule has 1 aliphatic rings. The number of aromatic nitrogens is 2. The lowest BCUT2D eigenvalue weighted by Crippen LogP contribution is -2.26. The number of rotatable bonds is 5. The van der Waals surface area contributed by atoms with E-state index in [1.165, 1.54) is 27.9 Å². The first-order chi connectivity index (χ1) is 11.5. The van der Waals surface area contributed by atoms with E-state index >= 15 is 0 Å². The summed E-state index contributed by atoms with van der Waals surface area (Å²) < 4.78 is 7.12. The second-order valence-corrected chi connectivity index (χ2v) is 6.70. The lowest BCUT2D eigenvalue weighted by atomic mass is 10.0. The second-order valence-electron chi connectivity index (χ2n) is 6.70.